The molecule has 0 saturated heterocycles. The number of hydrogen-bond acceptors (Lipinski definition) is 3. The zero-order chi connectivity index (χ0) is 15.3. The van der Waals surface area contributed by atoms with Gasteiger partial charge in [-0.3, -0.25) is 0 Å². The Hall–Kier alpha value is -1.07. The van der Waals surface area contributed by atoms with Gasteiger partial charge in [0.2, 0.25) is 10.0 Å². The first-order valence-electron chi connectivity index (χ1n) is 7.17. The van der Waals surface area contributed by atoms with Crippen LogP contribution in [0.5, 0.6) is 0 Å². The summed E-state index contributed by atoms with van der Waals surface area (Å²) in [6.45, 7) is 7.58. The highest BCUT2D eigenvalue weighted by Crippen LogP contribution is 2.25. The maximum atomic E-state index is 12.5. The van der Waals surface area contributed by atoms with E-state index >= 15 is 0 Å². The van der Waals surface area contributed by atoms with E-state index in [0.717, 1.165) is 31.2 Å². The third-order valence-electron chi connectivity index (χ3n) is 3.51. The van der Waals surface area contributed by atoms with Crippen molar-refractivity contribution in [2.45, 2.75) is 64.3 Å². The van der Waals surface area contributed by atoms with E-state index in [1.807, 2.05) is 6.92 Å². The van der Waals surface area contributed by atoms with E-state index in [4.69, 9.17) is 5.73 Å². The highest BCUT2D eigenvalue weighted by molar-refractivity contribution is 7.89. The standard InChI is InChI=1S/C15H26N2O2S/c1-5-6-7-8-12(3)17-20(18,19)15-11(2)9-10-14(16)13(15)4/h9-10,12,17H,5-8,16H2,1-4H3. The highest BCUT2D eigenvalue weighted by Gasteiger charge is 2.22. The Balaban J connectivity index is 2.92. The number of unbranched alkanes of at least 4 members (excludes halogenated alkanes) is 2. The van der Waals surface area contributed by atoms with Gasteiger partial charge >= 0.3 is 0 Å². The summed E-state index contributed by atoms with van der Waals surface area (Å²) >= 11 is 0. The first-order chi connectivity index (χ1) is 9.29. The highest BCUT2D eigenvalue weighted by atomic mass is 32.2. The van der Waals surface area contributed by atoms with E-state index in [9.17, 15) is 8.42 Å². The maximum Gasteiger partial charge on any atom is 0.241 e. The summed E-state index contributed by atoms with van der Waals surface area (Å²) in [6.07, 6.45) is 4.15. The Bertz CT molecular complexity index is 553. The molecule has 0 amide bonds. The van der Waals surface area contributed by atoms with Gasteiger partial charge < -0.3 is 5.73 Å². The van der Waals surface area contributed by atoms with E-state index in [2.05, 4.69) is 11.6 Å². The maximum absolute atomic E-state index is 12.5. The Labute approximate surface area is 122 Å². The Morgan fingerprint density at radius 1 is 1.25 bits per heavy atom. The second-order valence-corrected chi connectivity index (χ2v) is 7.09. The number of nitrogens with two attached hydrogens (primary N) is 1. The molecule has 0 aliphatic rings. The number of rotatable bonds is 7. The Morgan fingerprint density at radius 2 is 1.90 bits per heavy atom. The Morgan fingerprint density at radius 3 is 2.50 bits per heavy atom. The van der Waals surface area contributed by atoms with Crippen LogP contribution in [-0.4, -0.2) is 14.5 Å². The quantitative estimate of drug-likeness (QED) is 0.600. The van der Waals surface area contributed by atoms with E-state index in [1.165, 1.54) is 0 Å². The van der Waals surface area contributed by atoms with Crippen molar-refractivity contribution in [3.8, 4) is 0 Å². The van der Waals surface area contributed by atoms with E-state index in [-0.39, 0.29) is 6.04 Å². The molecular weight excluding hydrogens is 272 g/mol. The molecule has 0 heterocycles. The van der Waals surface area contributed by atoms with Crippen LogP contribution >= 0.6 is 0 Å². The van der Waals surface area contributed by atoms with Gasteiger partial charge in [-0.25, -0.2) is 13.1 Å². The fourth-order valence-electron chi connectivity index (χ4n) is 2.34. The number of benzene rings is 1. The molecule has 5 heteroatoms. The number of aryl methyl sites for hydroxylation is 1. The molecular formula is C15H26N2O2S. The van der Waals surface area contributed by atoms with Gasteiger partial charge in [0.05, 0.1) is 4.90 Å². The summed E-state index contributed by atoms with van der Waals surface area (Å²) in [5.41, 5.74) is 7.68. The number of anilines is 1. The lowest BCUT2D eigenvalue weighted by molar-refractivity contribution is 0.526. The largest absolute Gasteiger partial charge is 0.398 e. The van der Waals surface area contributed by atoms with Crippen LogP contribution in [0.1, 0.15) is 50.7 Å². The average molecular weight is 298 g/mol. The third-order valence-corrected chi connectivity index (χ3v) is 5.39. The zero-order valence-electron chi connectivity index (χ0n) is 12.9. The first-order valence-corrected chi connectivity index (χ1v) is 8.66. The molecule has 4 nitrogen and oxygen atoms in total. The smallest absolute Gasteiger partial charge is 0.241 e. The van der Waals surface area contributed by atoms with E-state index in [0.29, 0.717) is 16.1 Å². The van der Waals surface area contributed by atoms with Crippen molar-refractivity contribution in [1.82, 2.24) is 4.72 Å². The van der Waals surface area contributed by atoms with Gasteiger partial charge in [-0.15, -0.1) is 0 Å². The SMILES string of the molecule is CCCCCC(C)NS(=O)(=O)c1c(C)ccc(N)c1C. The number of nitrogen functional groups attached to an aromatic ring is 1. The van der Waals surface area contributed by atoms with Crippen LogP contribution in [0.25, 0.3) is 0 Å². The van der Waals surface area contributed by atoms with Crippen molar-refractivity contribution in [3.05, 3.63) is 23.3 Å². The summed E-state index contributed by atoms with van der Waals surface area (Å²) in [6, 6.07) is 3.43. The molecule has 1 atom stereocenters. The van der Waals surface area contributed by atoms with Crippen LogP contribution in [0.4, 0.5) is 5.69 Å². The summed E-state index contributed by atoms with van der Waals surface area (Å²) in [5, 5.41) is 0. The van der Waals surface area contributed by atoms with Gasteiger partial charge in [0, 0.05) is 11.7 Å². The molecule has 0 radical (unpaired) electrons. The van der Waals surface area contributed by atoms with Crippen molar-refractivity contribution in [2.24, 2.45) is 0 Å². The molecule has 3 N–H and O–H groups in total. The van der Waals surface area contributed by atoms with Crippen molar-refractivity contribution in [3.63, 3.8) is 0 Å². The molecule has 1 aromatic carbocycles. The normalized spacial score (nSPS) is 13.4. The van der Waals surface area contributed by atoms with Crippen LogP contribution in [0.3, 0.4) is 0 Å². The fourth-order valence-corrected chi connectivity index (χ4v) is 4.12. The second-order valence-electron chi connectivity index (χ2n) is 5.44. The zero-order valence-corrected chi connectivity index (χ0v) is 13.7. The van der Waals surface area contributed by atoms with Crippen molar-refractivity contribution in [2.75, 3.05) is 5.73 Å². The molecule has 0 spiro atoms. The monoisotopic (exact) mass is 298 g/mol. The predicted octanol–water partition coefficient (Wildman–Crippen LogP) is 3.13. The molecule has 0 aliphatic heterocycles. The minimum Gasteiger partial charge on any atom is -0.398 e. The molecule has 1 rings (SSSR count). The second kappa shape index (κ2) is 7.09. The minimum absolute atomic E-state index is 0.0632. The van der Waals surface area contributed by atoms with Gasteiger partial charge in [0.15, 0.2) is 0 Å². The topological polar surface area (TPSA) is 72.2 Å². The molecule has 20 heavy (non-hydrogen) atoms. The van der Waals surface area contributed by atoms with Crippen LogP contribution in [-0.2, 0) is 10.0 Å². The van der Waals surface area contributed by atoms with Crippen molar-refractivity contribution in [1.29, 1.82) is 0 Å². The molecule has 1 unspecified atom stereocenters. The molecule has 0 aromatic heterocycles. The van der Waals surface area contributed by atoms with Crippen molar-refractivity contribution >= 4 is 15.7 Å². The van der Waals surface area contributed by atoms with E-state index in [1.54, 1.807) is 26.0 Å². The predicted molar refractivity (Wildman–Crippen MR) is 84.3 cm³/mol. The summed E-state index contributed by atoms with van der Waals surface area (Å²) < 4.78 is 27.8. The fraction of sp³-hybridized carbons (Fsp3) is 0.600. The summed E-state index contributed by atoms with van der Waals surface area (Å²) in [7, 11) is -3.51. The average Bonchev–Trinajstić information content (AvgIpc) is 2.33. The molecule has 114 valence electrons. The molecule has 0 fully saturated rings. The van der Waals surface area contributed by atoms with Gasteiger partial charge in [-0.2, -0.15) is 0 Å². The third kappa shape index (κ3) is 4.21. The van der Waals surface area contributed by atoms with Gasteiger partial charge in [-0.05, 0) is 44.4 Å². The number of hydrogen-bond donors (Lipinski definition) is 2. The van der Waals surface area contributed by atoms with Crippen molar-refractivity contribution < 1.29 is 8.42 Å². The lowest BCUT2D eigenvalue weighted by atomic mass is 10.1. The van der Waals surface area contributed by atoms with Gasteiger partial charge in [-0.1, -0.05) is 32.3 Å². The number of sulfonamides is 1. The number of nitrogens with one attached hydrogen (secondary N) is 1. The Kier molecular flexibility index (Phi) is 6.02. The van der Waals surface area contributed by atoms with Crippen LogP contribution in [0.2, 0.25) is 0 Å². The minimum atomic E-state index is -3.51. The molecule has 0 saturated carbocycles. The lowest BCUT2D eigenvalue weighted by Gasteiger charge is -2.17. The van der Waals surface area contributed by atoms with Crippen LogP contribution < -0.4 is 10.5 Å². The summed E-state index contributed by atoms with van der Waals surface area (Å²) in [4.78, 5) is 0.319. The van der Waals surface area contributed by atoms with Crippen LogP contribution in [0, 0.1) is 13.8 Å². The summed E-state index contributed by atoms with van der Waals surface area (Å²) in [5.74, 6) is 0. The lowest BCUT2D eigenvalue weighted by Crippen LogP contribution is -2.33. The first kappa shape index (κ1) is 17.0. The van der Waals surface area contributed by atoms with Gasteiger partial charge in [0.25, 0.3) is 0 Å². The molecule has 0 bridgehead atoms. The van der Waals surface area contributed by atoms with Crippen LogP contribution in [0.15, 0.2) is 17.0 Å². The molecule has 0 aliphatic carbocycles. The van der Waals surface area contributed by atoms with Gasteiger partial charge in [0.1, 0.15) is 0 Å². The molecule has 1 aromatic rings. The van der Waals surface area contributed by atoms with E-state index < -0.39 is 10.0 Å².